The third-order valence-electron chi connectivity index (χ3n) is 7.09. The summed E-state index contributed by atoms with van der Waals surface area (Å²) in [5, 5.41) is 3.02. The van der Waals surface area contributed by atoms with Gasteiger partial charge in [-0.15, -0.1) is 0 Å². The minimum absolute atomic E-state index is 0.0869. The first kappa shape index (κ1) is 16.4. The Kier molecular flexibility index (Phi) is 4.31. The fraction of sp³-hybridized carbons (Fsp3) is 0.895. The van der Waals surface area contributed by atoms with Crippen LogP contribution in [-0.4, -0.2) is 60.9 Å². The Bertz CT molecular complexity index is 475. The number of piperazine rings is 1. The van der Waals surface area contributed by atoms with E-state index in [2.05, 4.69) is 17.1 Å². The van der Waals surface area contributed by atoms with Crippen molar-refractivity contribution >= 4 is 11.8 Å². The van der Waals surface area contributed by atoms with Crippen LogP contribution in [0.4, 0.5) is 0 Å². The zero-order valence-electron chi connectivity index (χ0n) is 14.9. The predicted molar refractivity (Wildman–Crippen MR) is 92.3 cm³/mol. The highest BCUT2D eigenvalue weighted by Gasteiger charge is 2.54. The monoisotopic (exact) mass is 333 g/mol. The van der Waals surface area contributed by atoms with E-state index in [9.17, 15) is 9.59 Å². The van der Waals surface area contributed by atoms with Gasteiger partial charge >= 0.3 is 0 Å². The molecule has 0 atom stereocenters. The zero-order valence-corrected chi connectivity index (χ0v) is 14.9. The minimum atomic E-state index is -0.143. The Hall–Kier alpha value is -1.10. The van der Waals surface area contributed by atoms with E-state index in [0.717, 1.165) is 69.7 Å². The number of carbonyl (C=O) groups is 2. The third-order valence-corrected chi connectivity index (χ3v) is 7.09. The summed E-state index contributed by atoms with van der Waals surface area (Å²) in [6, 6.07) is 0. The van der Waals surface area contributed by atoms with E-state index in [1.54, 1.807) is 0 Å². The van der Waals surface area contributed by atoms with Gasteiger partial charge < -0.3 is 15.1 Å². The molecule has 4 bridgehead atoms. The molecule has 1 saturated heterocycles. The van der Waals surface area contributed by atoms with E-state index < -0.39 is 0 Å². The number of hydrogen-bond donors (Lipinski definition) is 1. The Labute approximate surface area is 145 Å². The Morgan fingerprint density at radius 1 is 0.958 bits per heavy atom. The van der Waals surface area contributed by atoms with E-state index >= 15 is 0 Å². The lowest BCUT2D eigenvalue weighted by atomic mass is 9.49. The molecule has 24 heavy (non-hydrogen) atoms. The maximum atomic E-state index is 12.9. The van der Waals surface area contributed by atoms with Gasteiger partial charge in [-0.3, -0.25) is 9.59 Å². The predicted octanol–water partition coefficient (Wildman–Crippen LogP) is 1.48. The Morgan fingerprint density at radius 2 is 1.50 bits per heavy atom. The highest BCUT2D eigenvalue weighted by molar-refractivity contribution is 5.88. The molecule has 5 fully saturated rings. The summed E-state index contributed by atoms with van der Waals surface area (Å²) < 4.78 is 0. The van der Waals surface area contributed by atoms with Crippen LogP contribution >= 0.6 is 0 Å². The van der Waals surface area contributed by atoms with Gasteiger partial charge in [0.15, 0.2) is 0 Å². The lowest BCUT2D eigenvalue weighted by Crippen LogP contribution is -2.55. The summed E-state index contributed by atoms with van der Waals surface area (Å²) in [5.74, 6) is 2.55. The molecule has 1 aliphatic heterocycles. The third kappa shape index (κ3) is 2.96. The second-order valence-electron chi connectivity index (χ2n) is 8.70. The maximum Gasteiger partial charge on any atom is 0.242 e. The van der Waals surface area contributed by atoms with Crippen molar-refractivity contribution in [1.29, 1.82) is 0 Å². The summed E-state index contributed by atoms with van der Waals surface area (Å²) in [6.07, 6.45) is 7.21. The number of carbonyl (C=O) groups excluding carboxylic acids is 2. The first-order chi connectivity index (χ1) is 11.6. The highest BCUT2D eigenvalue weighted by Crippen LogP contribution is 2.60. The van der Waals surface area contributed by atoms with Crippen LogP contribution in [0.15, 0.2) is 0 Å². The molecule has 5 aliphatic rings. The van der Waals surface area contributed by atoms with E-state index in [4.69, 9.17) is 0 Å². The van der Waals surface area contributed by atoms with E-state index in [0.29, 0.717) is 0 Å². The van der Waals surface area contributed by atoms with Crippen LogP contribution in [0.5, 0.6) is 0 Å². The number of amides is 2. The molecule has 0 radical (unpaired) electrons. The van der Waals surface area contributed by atoms with E-state index in [-0.39, 0.29) is 23.8 Å². The van der Waals surface area contributed by atoms with Gasteiger partial charge in [0.2, 0.25) is 11.8 Å². The van der Waals surface area contributed by atoms with E-state index in [1.807, 2.05) is 4.90 Å². The van der Waals surface area contributed by atoms with Crippen LogP contribution in [0.3, 0.4) is 0 Å². The van der Waals surface area contributed by atoms with Crippen molar-refractivity contribution in [2.24, 2.45) is 23.2 Å². The van der Waals surface area contributed by atoms with Gasteiger partial charge in [0.1, 0.15) is 0 Å². The normalized spacial score (nSPS) is 38.4. The molecule has 134 valence electrons. The number of nitrogens with one attached hydrogen (secondary N) is 1. The molecule has 5 nitrogen and oxygen atoms in total. The van der Waals surface area contributed by atoms with Crippen molar-refractivity contribution in [3.8, 4) is 0 Å². The topological polar surface area (TPSA) is 52.6 Å². The minimum Gasteiger partial charge on any atom is -0.347 e. The van der Waals surface area contributed by atoms with Crippen LogP contribution in [0, 0.1) is 23.2 Å². The molecular formula is C19H31N3O2. The van der Waals surface area contributed by atoms with Crippen molar-refractivity contribution in [2.75, 3.05) is 39.3 Å². The molecule has 1 N–H and O–H groups in total. The molecule has 0 spiro atoms. The summed E-state index contributed by atoms with van der Waals surface area (Å²) >= 11 is 0. The molecule has 1 heterocycles. The molecule has 0 aromatic carbocycles. The Balaban J connectivity index is 1.30. The molecule has 4 aliphatic carbocycles. The SMILES string of the molecule is CCN1CCN(C(=O)CNC(=O)C23CC4CC(CC(C4)C2)C3)CC1. The summed E-state index contributed by atoms with van der Waals surface area (Å²) in [4.78, 5) is 29.6. The van der Waals surface area contributed by atoms with Crippen molar-refractivity contribution in [2.45, 2.75) is 45.4 Å². The lowest BCUT2D eigenvalue weighted by molar-refractivity contribution is -0.148. The fourth-order valence-corrected chi connectivity index (χ4v) is 6.16. The van der Waals surface area contributed by atoms with Crippen molar-refractivity contribution < 1.29 is 9.59 Å². The largest absolute Gasteiger partial charge is 0.347 e. The van der Waals surface area contributed by atoms with E-state index in [1.165, 1.54) is 19.3 Å². The number of rotatable bonds is 4. The summed E-state index contributed by atoms with van der Waals surface area (Å²) in [6.45, 7) is 6.87. The van der Waals surface area contributed by atoms with Crippen LogP contribution in [0.2, 0.25) is 0 Å². The average Bonchev–Trinajstić information content (AvgIpc) is 2.58. The van der Waals surface area contributed by atoms with Crippen LogP contribution < -0.4 is 5.32 Å². The number of hydrogen-bond acceptors (Lipinski definition) is 3. The molecule has 0 unspecified atom stereocenters. The smallest absolute Gasteiger partial charge is 0.242 e. The standard InChI is InChI=1S/C19H31N3O2/c1-2-21-3-5-22(6-4-21)17(23)13-20-18(24)19-10-14-7-15(11-19)9-16(8-14)12-19/h14-16H,2-13H2,1H3,(H,20,24). The second-order valence-corrected chi connectivity index (χ2v) is 8.70. The van der Waals surface area contributed by atoms with Gasteiger partial charge in [-0.05, 0) is 62.8 Å². The second kappa shape index (κ2) is 6.32. The van der Waals surface area contributed by atoms with Gasteiger partial charge in [0, 0.05) is 31.6 Å². The van der Waals surface area contributed by atoms with Gasteiger partial charge in [-0.1, -0.05) is 6.92 Å². The van der Waals surface area contributed by atoms with Crippen LogP contribution in [0.1, 0.15) is 45.4 Å². The average molecular weight is 333 g/mol. The summed E-state index contributed by atoms with van der Waals surface area (Å²) in [5.41, 5.74) is -0.143. The van der Waals surface area contributed by atoms with Gasteiger partial charge in [-0.2, -0.15) is 0 Å². The fourth-order valence-electron chi connectivity index (χ4n) is 6.16. The molecule has 4 saturated carbocycles. The van der Waals surface area contributed by atoms with Crippen molar-refractivity contribution in [1.82, 2.24) is 15.1 Å². The first-order valence-corrected chi connectivity index (χ1v) is 9.86. The highest BCUT2D eigenvalue weighted by atomic mass is 16.2. The maximum absolute atomic E-state index is 12.9. The molecule has 5 heteroatoms. The first-order valence-electron chi connectivity index (χ1n) is 9.86. The quantitative estimate of drug-likeness (QED) is 0.848. The van der Waals surface area contributed by atoms with Crippen LogP contribution in [0.25, 0.3) is 0 Å². The number of likely N-dealkylation sites (N-methyl/N-ethyl adjacent to an activating group) is 1. The van der Waals surface area contributed by atoms with Gasteiger partial charge in [-0.25, -0.2) is 0 Å². The molecule has 2 amide bonds. The summed E-state index contributed by atoms with van der Waals surface area (Å²) in [7, 11) is 0. The molecule has 5 rings (SSSR count). The molecule has 0 aromatic rings. The van der Waals surface area contributed by atoms with Gasteiger partial charge in [0.25, 0.3) is 0 Å². The molecular weight excluding hydrogens is 302 g/mol. The molecule has 0 aromatic heterocycles. The van der Waals surface area contributed by atoms with Crippen molar-refractivity contribution in [3.05, 3.63) is 0 Å². The van der Waals surface area contributed by atoms with Crippen molar-refractivity contribution in [3.63, 3.8) is 0 Å². The van der Waals surface area contributed by atoms with Gasteiger partial charge in [0.05, 0.1) is 6.54 Å². The van der Waals surface area contributed by atoms with Crippen LogP contribution in [-0.2, 0) is 9.59 Å². The Morgan fingerprint density at radius 3 is 2.00 bits per heavy atom. The lowest BCUT2D eigenvalue weighted by Gasteiger charge is -2.55. The number of nitrogens with zero attached hydrogens (tertiary/aromatic N) is 2. The zero-order chi connectivity index (χ0) is 16.7.